The number of carbonyl (C=O) groups is 2. The first-order chi connectivity index (χ1) is 10.5. The van der Waals surface area contributed by atoms with Gasteiger partial charge in [-0.05, 0) is 39.8 Å². The molecule has 0 saturated carbocycles. The largest absolute Gasteiger partial charge is 0.486 e. The van der Waals surface area contributed by atoms with Gasteiger partial charge in [-0.2, -0.15) is 0 Å². The Morgan fingerprint density at radius 1 is 1.35 bits per heavy atom. The van der Waals surface area contributed by atoms with Crippen LogP contribution in [0, 0.1) is 5.82 Å². The van der Waals surface area contributed by atoms with Gasteiger partial charge in [0.2, 0.25) is 0 Å². The molecule has 1 amide bonds. The number of hydrogen-bond acceptors (Lipinski definition) is 5. The van der Waals surface area contributed by atoms with Crippen molar-refractivity contribution in [3.05, 3.63) is 24.0 Å². The third-order valence-corrected chi connectivity index (χ3v) is 2.69. The molecule has 0 heterocycles. The summed E-state index contributed by atoms with van der Waals surface area (Å²) in [6.45, 7) is 6.41. The minimum absolute atomic E-state index is 0.0262. The van der Waals surface area contributed by atoms with Crippen LogP contribution in [-0.2, 0) is 9.53 Å². The van der Waals surface area contributed by atoms with E-state index in [2.05, 4.69) is 5.32 Å². The highest BCUT2D eigenvalue weighted by atomic mass is 19.1. The Bertz CT molecular complexity index is 586. The van der Waals surface area contributed by atoms with Crippen LogP contribution in [-0.4, -0.2) is 34.9 Å². The Morgan fingerprint density at radius 2 is 1.96 bits per heavy atom. The zero-order valence-electron chi connectivity index (χ0n) is 13.4. The van der Waals surface area contributed by atoms with Gasteiger partial charge < -0.3 is 25.6 Å². The second-order valence-electron chi connectivity index (χ2n) is 5.97. The first-order valence-corrected chi connectivity index (χ1v) is 6.93. The van der Waals surface area contributed by atoms with Crippen LogP contribution in [0.4, 0.5) is 14.9 Å². The van der Waals surface area contributed by atoms with Gasteiger partial charge in [0.05, 0.1) is 5.69 Å². The zero-order chi connectivity index (χ0) is 17.8. The molecular formula is C15H21FN2O5. The van der Waals surface area contributed by atoms with Crippen molar-refractivity contribution in [2.45, 2.75) is 45.4 Å². The van der Waals surface area contributed by atoms with Crippen LogP contribution in [0.15, 0.2) is 18.2 Å². The maximum Gasteiger partial charge on any atom is 0.408 e. The highest BCUT2D eigenvalue weighted by molar-refractivity contribution is 5.80. The highest BCUT2D eigenvalue weighted by Gasteiger charge is 2.30. The monoisotopic (exact) mass is 328 g/mol. The van der Waals surface area contributed by atoms with Gasteiger partial charge in [0.25, 0.3) is 0 Å². The smallest absolute Gasteiger partial charge is 0.408 e. The van der Waals surface area contributed by atoms with Crippen molar-refractivity contribution in [2.24, 2.45) is 0 Å². The molecule has 23 heavy (non-hydrogen) atoms. The Labute approximate surface area is 133 Å². The van der Waals surface area contributed by atoms with Gasteiger partial charge in [0, 0.05) is 6.07 Å². The predicted octanol–water partition coefficient (Wildman–Crippen LogP) is 2.15. The average Bonchev–Trinajstić information content (AvgIpc) is 2.36. The van der Waals surface area contributed by atoms with Crippen molar-refractivity contribution in [3.63, 3.8) is 0 Å². The number of carboxylic acid groups (broad SMARTS) is 1. The molecule has 4 N–H and O–H groups in total. The average molecular weight is 328 g/mol. The fraction of sp³-hybridized carbons (Fsp3) is 0.467. The molecule has 0 aliphatic heterocycles. The van der Waals surface area contributed by atoms with E-state index >= 15 is 0 Å². The van der Waals surface area contributed by atoms with Gasteiger partial charge in [-0.15, -0.1) is 0 Å². The number of benzene rings is 1. The number of aliphatic carboxylic acids is 1. The number of carboxylic acids is 1. The summed E-state index contributed by atoms with van der Waals surface area (Å²) < 4.78 is 23.4. The number of nitrogens with two attached hydrogens (primary N) is 1. The second kappa shape index (κ2) is 7.17. The standard InChI is InChI=1S/C15H21FN2O5/c1-8(22-11-6-5-9(16)7-10(11)17)12(13(19)20)18-14(21)23-15(2,3)4/h5-8,12H,17H2,1-4H3,(H,18,21)(H,19,20). The lowest BCUT2D eigenvalue weighted by molar-refractivity contribution is -0.141. The van der Waals surface area contributed by atoms with E-state index in [1.54, 1.807) is 20.8 Å². The summed E-state index contributed by atoms with van der Waals surface area (Å²) in [6.07, 6.45) is -1.85. The molecule has 8 heteroatoms. The van der Waals surface area contributed by atoms with Crippen molar-refractivity contribution in [2.75, 3.05) is 5.73 Å². The zero-order valence-corrected chi connectivity index (χ0v) is 13.4. The van der Waals surface area contributed by atoms with E-state index in [0.29, 0.717) is 0 Å². The molecule has 2 atom stereocenters. The summed E-state index contributed by atoms with van der Waals surface area (Å²) >= 11 is 0. The van der Waals surface area contributed by atoms with Crippen LogP contribution < -0.4 is 15.8 Å². The number of nitrogens with one attached hydrogen (secondary N) is 1. The lowest BCUT2D eigenvalue weighted by atomic mass is 10.1. The molecular weight excluding hydrogens is 307 g/mol. The summed E-state index contributed by atoms with van der Waals surface area (Å²) in [5.74, 6) is -1.72. The first kappa shape index (κ1) is 18.5. The maximum absolute atomic E-state index is 13.0. The SMILES string of the molecule is CC(Oc1ccc(F)cc1N)C(NC(=O)OC(C)(C)C)C(=O)O. The molecule has 7 nitrogen and oxygen atoms in total. The van der Waals surface area contributed by atoms with Crippen LogP contribution in [0.2, 0.25) is 0 Å². The number of carbonyl (C=O) groups excluding carboxylic acids is 1. The van der Waals surface area contributed by atoms with Crippen molar-refractivity contribution in [1.82, 2.24) is 5.32 Å². The fourth-order valence-electron chi connectivity index (χ4n) is 1.71. The maximum atomic E-state index is 13.0. The van der Waals surface area contributed by atoms with E-state index in [1.165, 1.54) is 13.0 Å². The summed E-state index contributed by atoms with van der Waals surface area (Å²) in [4.78, 5) is 23.0. The molecule has 0 bridgehead atoms. The molecule has 0 saturated heterocycles. The summed E-state index contributed by atoms with van der Waals surface area (Å²) in [5.41, 5.74) is 4.87. The molecule has 0 aromatic heterocycles. The van der Waals surface area contributed by atoms with Gasteiger partial charge in [0.1, 0.15) is 23.3 Å². The molecule has 0 aliphatic carbocycles. The van der Waals surface area contributed by atoms with Gasteiger partial charge in [0.15, 0.2) is 6.04 Å². The number of alkyl carbamates (subject to hydrolysis) is 1. The quantitative estimate of drug-likeness (QED) is 0.714. The minimum Gasteiger partial charge on any atom is -0.486 e. The van der Waals surface area contributed by atoms with E-state index < -0.39 is 35.6 Å². The number of hydrogen-bond donors (Lipinski definition) is 3. The molecule has 1 aromatic rings. The van der Waals surface area contributed by atoms with Gasteiger partial charge >= 0.3 is 12.1 Å². The van der Waals surface area contributed by atoms with Crippen LogP contribution in [0.25, 0.3) is 0 Å². The number of nitrogen functional groups attached to an aromatic ring is 1. The highest BCUT2D eigenvalue weighted by Crippen LogP contribution is 2.23. The minimum atomic E-state index is -1.37. The Morgan fingerprint density at radius 3 is 2.43 bits per heavy atom. The summed E-state index contributed by atoms with van der Waals surface area (Å²) in [5, 5.41) is 11.5. The molecule has 1 aromatic carbocycles. The van der Waals surface area contributed by atoms with Gasteiger partial charge in [-0.1, -0.05) is 0 Å². The third kappa shape index (κ3) is 6.01. The molecule has 0 fully saturated rings. The number of halogens is 1. The predicted molar refractivity (Wildman–Crippen MR) is 81.7 cm³/mol. The van der Waals surface area contributed by atoms with Gasteiger partial charge in [-0.25, -0.2) is 14.0 Å². The molecule has 0 radical (unpaired) electrons. The topological polar surface area (TPSA) is 111 Å². The van der Waals surface area contributed by atoms with Crippen molar-refractivity contribution < 1.29 is 28.6 Å². The van der Waals surface area contributed by atoms with Crippen molar-refractivity contribution in [3.8, 4) is 5.75 Å². The van der Waals surface area contributed by atoms with E-state index in [1.807, 2.05) is 0 Å². The number of amides is 1. The molecule has 128 valence electrons. The lowest BCUT2D eigenvalue weighted by Crippen LogP contribution is -2.51. The van der Waals surface area contributed by atoms with Crippen LogP contribution >= 0.6 is 0 Å². The lowest BCUT2D eigenvalue weighted by Gasteiger charge is -2.25. The van der Waals surface area contributed by atoms with Crippen LogP contribution in [0.1, 0.15) is 27.7 Å². The Kier molecular flexibility index (Phi) is 5.78. The molecule has 1 rings (SSSR count). The number of rotatable bonds is 5. The number of ether oxygens (including phenoxy) is 2. The van der Waals surface area contributed by atoms with E-state index in [-0.39, 0.29) is 11.4 Å². The summed E-state index contributed by atoms with van der Waals surface area (Å²) in [6, 6.07) is 2.11. The number of anilines is 1. The molecule has 2 unspecified atom stereocenters. The van der Waals surface area contributed by atoms with E-state index in [4.69, 9.17) is 15.2 Å². The second-order valence-corrected chi connectivity index (χ2v) is 5.97. The van der Waals surface area contributed by atoms with Crippen molar-refractivity contribution in [1.29, 1.82) is 0 Å². The fourth-order valence-corrected chi connectivity index (χ4v) is 1.71. The third-order valence-electron chi connectivity index (χ3n) is 2.69. The van der Waals surface area contributed by atoms with E-state index in [0.717, 1.165) is 12.1 Å². The normalized spacial score (nSPS) is 13.8. The van der Waals surface area contributed by atoms with Crippen molar-refractivity contribution >= 4 is 17.7 Å². The van der Waals surface area contributed by atoms with Crippen LogP contribution in [0.3, 0.4) is 0 Å². The Balaban J connectivity index is 2.80. The van der Waals surface area contributed by atoms with Gasteiger partial charge in [-0.3, -0.25) is 0 Å². The van der Waals surface area contributed by atoms with Crippen LogP contribution in [0.5, 0.6) is 5.75 Å². The molecule has 0 spiro atoms. The Hall–Kier alpha value is -2.51. The molecule has 0 aliphatic rings. The first-order valence-electron chi connectivity index (χ1n) is 6.93. The summed E-state index contributed by atoms with van der Waals surface area (Å²) in [7, 11) is 0. The van der Waals surface area contributed by atoms with E-state index in [9.17, 15) is 19.1 Å².